The second-order valence-corrected chi connectivity index (χ2v) is 6.54. The summed E-state index contributed by atoms with van der Waals surface area (Å²) < 4.78 is 24.4. The summed E-state index contributed by atoms with van der Waals surface area (Å²) in [4.78, 5) is 48.2. The minimum atomic E-state index is -1.21. The van der Waals surface area contributed by atoms with Crippen molar-refractivity contribution in [2.75, 3.05) is 19.8 Å². The highest BCUT2D eigenvalue weighted by Crippen LogP contribution is 2.25. The fourth-order valence-electron chi connectivity index (χ4n) is 2.58. The number of ketones is 2. The van der Waals surface area contributed by atoms with E-state index in [0.717, 1.165) is 0 Å². The summed E-state index contributed by atoms with van der Waals surface area (Å²) in [5.74, 6) is -1.23. The predicted octanol–water partition coefficient (Wildman–Crippen LogP) is 1.13. The first-order valence-electron chi connectivity index (χ1n) is 9.26. The lowest BCUT2D eigenvalue weighted by atomic mass is 10.1. The van der Waals surface area contributed by atoms with E-state index in [1.165, 1.54) is 11.1 Å². The molecule has 1 fully saturated rings. The Bertz CT molecular complexity index is 648. The largest absolute Gasteiger partial charge is 0.463 e. The van der Waals surface area contributed by atoms with E-state index in [4.69, 9.17) is 15.6 Å². The van der Waals surface area contributed by atoms with Crippen LogP contribution in [0.25, 0.3) is 0 Å². The summed E-state index contributed by atoms with van der Waals surface area (Å²) in [6.45, 7) is 3.01. The molecule has 0 unspecified atom stereocenters. The lowest BCUT2D eigenvalue weighted by Gasteiger charge is -2.42. The van der Waals surface area contributed by atoms with Crippen LogP contribution in [0.4, 0.5) is 0 Å². The Balaban J connectivity index is 1.98. The van der Waals surface area contributed by atoms with Crippen molar-refractivity contribution in [2.24, 2.45) is 0 Å². The molecule has 0 saturated carbocycles. The van der Waals surface area contributed by atoms with Crippen molar-refractivity contribution in [3.63, 3.8) is 0 Å². The Morgan fingerprint density at radius 3 is 2.88 bits per heavy atom. The minimum Gasteiger partial charge on any atom is -0.463 e. The molecule has 0 spiro atoms. The van der Waals surface area contributed by atoms with E-state index in [0.29, 0.717) is 12.0 Å². The highest BCUT2D eigenvalue weighted by Gasteiger charge is 2.40. The molecule has 144 valence electrons. The van der Waals surface area contributed by atoms with Crippen molar-refractivity contribution in [2.45, 2.75) is 58.3 Å². The molecule has 0 radical (unpaired) electrons. The summed E-state index contributed by atoms with van der Waals surface area (Å²) in [5, 5.41) is 0. The van der Waals surface area contributed by atoms with Crippen LogP contribution < -0.4 is 0 Å². The average Bonchev–Trinajstić information content (AvgIpc) is 2.67. The van der Waals surface area contributed by atoms with Crippen LogP contribution in [0, 0.1) is 0 Å². The minimum absolute atomic E-state index is 0.0280. The Morgan fingerprint density at radius 2 is 2.19 bits per heavy atom. The SMILES string of the molecule is [2H]C[C@@]1(COC(=O)CCC(=O)CC)COC[C@H](N2C=C(C)C(=O)CC2=O)O1. The van der Waals surface area contributed by atoms with Gasteiger partial charge in [0.1, 0.15) is 18.0 Å². The Morgan fingerprint density at radius 1 is 1.42 bits per heavy atom. The van der Waals surface area contributed by atoms with Gasteiger partial charge in [-0.05, 0) is 13.8 Å². The number of rotatable bonds is 7. The number of carbonyl (C=O) groups is 4. The van der Waals surface area contributed by atoms with Crippen LogP contribution >= 0.6 is 0 Å². The number of esters is 1. The van der Waals surface area contributed by atoms with Crippen LogP contribution in [0.5, 0.6) is 0 Å². The Kier molecular flexibility index (Phi) is 6.16. The number of amides is 1. The molecule has 8 nitrogen and oxygen atoms in total. The van der Waals surface area contributed by atoms with E-state index in [2.05, 4.69) is 0 Å². The number of ether oxygens (including phenoxy) is 3. The van der Waals surface area contributed by atoms with E-state index in [1.54, 1.807) is 13.8 Å². The predicted molar refractivity (Wildman–Crippen MR) is 89.8 cm³/mol. The average molecular weight is 368 g/mol. The van der Waals surface area contributed by atoms with Gasteiger partial charge in [0.25, 0.3) is 0 Å². The van der Waals surface area contributed by atoms with Gasteiger partial charge in [0.2, 0.25) is 5.91 Å². The van der Waals surface area contributed by atoms with Gasteiger partial charge in [-0.15, -0.1) is 0 Å². The Labute approximate surface area is 153 Å². The fraction of sp³-hybridized carbons (Fsp3) is 0.667. The van der Waals surface area contributed by atoms with Crippen molar-refractivity contribution < 1.29 is 34.8 Å². The van der Waals surface area contributed by atoms with E-state index in [-0.39, 0.29) is 57.5 Å². The van der Waals surface area contributed by atoms with Crippen molar-refractivity contribution in [3.05, 3.63) is 11.8 Å². The zero-order valence-electron chi connectivity index (χ0n) is 16.1. The summed E-state index contributed by atoms with van der Waals surface area (Å²) in [5.41, 5.74) is -0.774. The standard InChI is InChI=1S/C18H25NO7/c1-4-13(20)5-6-17(23)25-11-18(3)10-24-9-16(26-18)19-8-12(2)14(21)7-15(19)22/h8,16H,4-7,9-11H2,1-3H3/t16-,18+/m1/s1/i3D. The normalized spacial score (nSPS) is 27.0. The molecule has 0 aliphatic carbocycles. The molecular formula is C18H25NO7. The molecule has 26 heavy (non-hydrogen) atoms. The molecule has 1 amide bonds. The Hall–Kier alpha value is -2.06. The first-order valence-corrected chi connectivity index (χ1v) is 8.55. The van der Waals surface area contributed by atoms with E-state index in [1.807, 2.05) is 0 Å². The molecule has 0 N–H and O–H groups in total. The molecule has 2 aliphatic rings. The van der Waals surface area contributed by atoms with Gasteiger partial charge in [-0.2, -0.15) is 0 Å². The zero-order valence-corrected chi connectivity index (χ0v) is 15.1. The van der Waals surface area contributed by atoms with Crippen molar-refractivity contribution in [1.29, 1.82) is 0 Å². The van der Waals surface area contributed by atoms with Gasteiger partial charge in [-0.3, -0.25) is 24.1 Å². The van der Waals surface area contributed by atoms with E-state index < -0.39 is 23.7 Å². The molecule has 1 saturated heterocycles. The smallest absolute Gasteiger partial charge is 0.306 e. The zero-order chi connectivity index (χ0) is 20.0. The molecule has 2 aliphatic heterocycles. The maximum absolute atomic E-state index is 12.2. The third-order valence-corrected chi connectivity index (χ3v) is 4.19. The van der Waals surface area contributed by atoms with Crippen LogP contribution in [-0.2, 0) is 33.4 Å². The number of hydrogen-bond donors (Lipinski definition) is 0. The molecular weight excluding hydrogens is 342 g/mol. The first-order chi connectivity index (χ1) is 12.8. The van der Waals surface area contributed by atoms with Gasteiger partial charge in [-0.25, -0.2) is 0 Å². The first kappa shape index (κ1) is 18.7. The maximum Gasteiger partial charge on any atom is 0.306 e. The highest BCUT2D eigenvalue weighted by molar-refractivity contribution is 6.09. The fourth-order valence-corrected chi connectivity index (χ4v) is 2.58. The van der Waals surface area contributed by atoms with Gasteiger partial charge in [0.15, 0.2) is 12.0 Å². The van der Waals surface area contributed by atoms with Crippen molar-refractivity contribution >= 4 is 23.4 Å². The molecule has 0 aromatic rings. The molecule has 2 heterocycles. The third-order valence-electron chi connectivity index (χ3n) is 4.19. The summed E-state index contributed by atoms with van der Waals surface area (Å²) in [7, 11) is 0. The van der Waals surface area contributed by atoms with Crippen LogP contribution in [0.15, 0.2) is 11.8 Å². The highest BCUT2D eigenvalue weighted by atomic mass is 16.6. The second kappa shape index (κ2) is 8.55. The summed E-state index contributed by atoms with van der Waals surface area (Å²) in [6, 6.07) is 0. The van der Waals surface area contributed by atoms with Crippen molar-refractivity contribution in [3.8, 4) is 0 Å². The van der Waals surface area contributed by atoms with Crippen LogP contribution in [-0.4, -0.2) is 60.0 Å². The number of carbonyl (C=O) groups excluding carboxylic acids is 4. The number of hydrogen-bond acceptors (Lipinski definition) is 7. The number of Topliss-reactive ketones (excluding diaryl/α,β-unsaturated/α-hetero) is 2. The van der Waals surface area contributed by atoms with Gasteiger partial charge in [0.05, 0.1) is 26.1 Å². The maximum atomic E-state index is 12.2. The molecule has 0 aromatic carbocycles. The van der Waals surface area contributed by atoms with E-state index in [9.17, 15) is 19.2 Å². The third kappa shape index (κ3) is 5.22. The topological polar surface area (TPSA) is 99.2 Å². The molecule has 8 heteroatoms. The van der Waals surface area contributed by atoms with Gasteiger partial charge in [-0.1, -0.05) is 6.92 Å². The van der Waals surface area contributed by atoms with Crippen LogP contribution in [0.2, 0.25) is 0 Å². The second-order valence-electron chi connectivity index (χ2n) is 6.54. The van der Waals surface area contributed by atoms with Crippen LogP contribution in [0.1, 0.15) is 47.8 Å². The molecule has 0 bridgehead atoms. The van der Waals surface area contributed by atoms with E-state index >= 15 is 0 Å². The summed E-state index contributed by atoms with van der Waals surface area (Å²) >= 11 is 0. The summed E-state index contributed by atoms with van der Waals surface area (Å²) in [6.07, 6.45) is 0.826. The number of nitrogens with zero attached hydrogens (tertiary/aromatic N) is 1. The molecule has 2 rings (SSSR count). The monoisotopic (exact) mass is 368 g/mol. The van der Waals surface area contributed by atoms with Crippen molar-refractivity contribution in [1.82, 2.24) is 4.90 Å². The van der Waals surface area contributed by atoms with Gasteiger partial charge < -0.3 is 14.2 Å². The lowest BCUT2D eigenvalue weighted by molar-refractivity contribution is -0.240. The molecule has 0 aromatic heterocycles. The van der Waals surface area contributed by atoms with Crippen LogP contribution in [0.3, 0.4) is 0 Å². The number of allylic oxidation sites excluding steroid dienone is 1. The quantitative estimate of drug-likeness (QED) is 0.490. The molecule has 2 atom stereocenters. The lowest BCUT2D eigenvalue weighted by Crippen LogP contribution is -2.55. The van der Waals surface area contributed by atoms with Gasteiger partial charge >= 0.3 is 5.97 Å². The van der Waals surface area contributed by atoms with Gasteiger partial charge in [0, 0.05) is 26.0 Å².